The summed E-state index contributed by atoms with van der Waals surface area (Å²) in [5.41, 5.74) is 5.41. The summed E-state index contributed by atoms with van der Waals surface area (Å²) in [7, 11) is -6.35. The Labute approximate surface area is 342 Å². The lowest BCUT2D eigenvalue weighted by Crippen LogP contribution is -2.38. The number of halogens is 2. The summed E-state index contributed by atoms with van der Waals surface area (Å²) in [5.74, 6) is 1.92. The summed E-state index contributed by atoms with van der Waals surface area (Å²) in [4.78, 5) is 17.9. The minimum absolute atomic E-state index is 0.0502. The summed E-state index contributed by atoms with van der Waals surface area (Å²) in [6.45, 7) is 3.29. The average Bonchev–Trinajstić information content (AvgIpc) is 3.78. The minimum atomic E-state index is -3.21. The van der Waals surface area contributed by atoms with Gasteiger partial charge in [-0.25, -0.2) is 35.4 Å². The van der Waals surface area contributed by atoms with Crippen molar-refractivity contribution in [1.29, 1.82) is 0 Å². The second kappa shape index (κ2) is 17.2. The number of sulfonamides is 2. The lowest BCUT2D eigenvalue weighted by molar-refractivity contribution is 0.314. The predicted molar refractivity (Wildman–Crippen MR) is 221 cm³/mol. The molecule has 56 heavy (non-hydrogen) atoms. The molecular weight excluding hydrogens is 888 g/mol. The average molecular weight is 931 g/mol. The number of piperidine rings is 2. The maximum absolute atomic E-state index is 12.0. The molecule has 20 heteroatoms. The molecule has 6 aromatic rings. The van der Waals surface area contributed by atoms with Crippen LogP contribution in [0.2, 0.25) is 0 Å². The third kappa shape index (κ3) is 9.54. The Morgan fingerprint density at radius 1 is 0.679 bits per heavy atom. The number of fused-ring (bicyclic) bond motifs is 2. The normalized spacial score (nSPS) is 17.5. The van der Waals surface area contributed by atoms with Crippen molar-refractivity contribution in [3.63, 3.8) is 0 Å². The topological polar surface area (TPSA) is 185 Å². The second-order valence-electron chi connectivity index (χ2n) is 13.9. The van der Waals surface area contributed by atoms with Gasteiger partial charge in [-0.1, -0.05) is 12.1 Å². The van der Waals surface area contributed by atoms with Crippen molar-refractivity contribution in [3.05, 3.63) is 105 Å². The van der Waals surface area contributed by atoms with Gasteiger partial charge in [0.05, 0.1) is 39.5 Å². The van der Waals surface area contributed by atoms with Gasteiger partial charge in [-0.3, -0.25) is 9.97 Å². The highest BCUT2D eigenvalue weighted by atomic mass is 79.9. The highest BCUT2D eigenvalue weighted by Crippen LogP contribution is 2.32. The van der Waals surface area contributed by atoms with Crippen LogP contribution < -0.4 is 10.6 Å². The highest BCUT2D eigenvalue weighted by molar-refractivity contribution is 9.11. The van der Waals surface area contributed by atoms with Gasteiger partial charge in [0, 0.05) is 93.7 Å². The molecule has 0 amide bonds. The van der Waals surface area contributed by atoms with Gasteiger partial charge in [0.15, 0.2) is 11.3 Å². The van der Waals surface area contributed by atoms with Gasteiger partial charge in [0.2, 0.25) is 20.0 Å². The van der Waals surface area contributed by atoms with Gasteiger partial charge < -0.3 is 10.6 Å². The molecular formula is C36H42Br2N12O4S2. The maximum Gasteiger partial charge on any atom is 0.211 e. The van der Waals surface area contributed by atoms with Crippen LogP contribution in [0, 0.1) is 0 Å². The van der Waals surface area contributed by atoms with E-state index in [9.17, 15) is 16.8 Å². The van der Waals surface area contributed by atoms with Crippen molar-refractivity contribution < 1.29 is 16.8 Å². The third-order valence-electron chi connectivity index (χ3n) is 9.90. The molecule has 0 bridgehead atoms. The highest BCUT2D eigenvalue weighted by Gasteiger charge is 2.29. The van der Waals surface area contributed by atoms with Crippen molar-refractivity contribution in [2.45, 2.75) is 50.6 Å². The summed E-state index contributed by atoms with van der Waals surface area (Å²) in [6, 6.07) is 11.8. The van der Waals surface area contributed by atoms with E-state index in [1.807, 2.05) is 48.8 Å². The third-order valence-corrected chi connectivity index (χ3v) is 13.6. The van der Waals surface area contributed by atoms with E-state index in [1.54, 1.807) is 42.4 Å². The number of anilines is 2. The summed E-state index contributed by atoms with van der Waals surface area (Å²) < 4.78 is 55.7. The molecule has 2 saturated heterocycles. The van der Waals surface area contributed by atoms with Crippen LogP contribution in [0.1, 0.15) is 60.0 Å². The molecule has 1 atom stereocenters. The molecule has 0 radical (unpaired) electrons. The molecule has 8 rings (SSSR count). The van der Waals surface area contributed by atoms with Crippen LogP contribution in [-0.2, 0) is 33.1 Å². The number of hydrogen-bond acceptors (Lipinski definition) is 12. The molecule has 0 aromatic carbocycles. The Bertz CT molecular complexity index is 2520. The largest absolute Gasteiger partial charge is 0.366 e. The first-order chi connectivity index (χ1) is 26.8. The van der Waals surface area contributed by atoms with Gasteiger partial charge in [0.25, 0.3) is 0 Å². The van der Waals surface area contributed by atoms with Crippen molar-refractivity contribution in [3.8, 4) is 0 Å². The fraction of sp³-hybridized carbons (Fsp3) is 0.389. The minimum Gasteiger partial charge on any atom is -0.366 e. The lowest BCUT2D eigenvalue weighted by Gasteiger charge is -2.30. The zero-order valence-corrected chi connectivity index (χ0v) is 35.6. The zero-order valence-electron chi connectivity index (χ0n) is 30.8. The Balaban J connectivity index is 0.000000172. The number of pyridine rings is 2. The molecule has 0 aliphatic carbocycles. The summed E-state index contributed by atoms with van der Waals surface area (Å²) >= 11 is 7.03. The molecule has 1 unspecified atom stereocenters. The van der Waals surface area contributed by atoms with Gasteiger partial charge >= 0.3 is 0 Å². The molecule has 0 saturated carbocycles. The van der Waals surface area contributed by atoms with E-state index in [0.29, 0.717) is 44.9 Å². The number of aromatic nitrogens is 8. The Morgan fingerprint density at radius 2 is 1.18 bits per heavy atom. The smallest absolute Gasteiger partial charge is 0.211 e. The van der Waals surface area contributed by atoms with Crippen molar-refractivity contribution >= 4 is 74.8 Å². The van der Waals surface area contributed by atoms with Gasteiger partial charge in [-0.15, -0.1) is 0 Å². The second-order valence-corrected chi connectivity index (χ2v) is 19.6. The van der Waals surface area contributed by atoms with Crippen LogP contribution in [0.4, 0.5) is 11.6 Å². The monoisotopic (exact) mass is 928 g/mol. The fourth-order valence-corrected chi connectivity index (χ4v) is 9.42. The van der Waals surface area contributed by atoms with Crippen LogP contribution in [-0.4, -0.2) is 103 Å². The van der Waals surface area contributed by atoms with E-state index >= 15 is 0 Å². The summed E-state index contributed by atoms with van der Waals surface area (Å²) in [5, 5.41) is 15.6. The van der Waals surface area contributed by atoms with Crippen LogP contribution in [0.5, 0.6) is 0 Å². The Kier molecular flexibility index (Phi) is 12.3. The summed E-state index contributed by atoms with van der Waals surface area (Å²) in [6.07, 6.45) is 16.3. The lowest BCUT2D eigenvalue weighted by atomic mass is 9.94. The van der Waals surface area contributed by atoms with Gasteiger partial charge in [-0.05, 0) is 80.8 Å². The molecule has 2 N–H and O–H groups in total. The molecule has 6 aromatic heterocycles. The van der Waals surface area contributed by atoms with Crippen LogP contribution in [0.3, 0.4) is 0 Å². The number of rotatable bonds is 10. The Morgan fingerprint density at radius 3 is 1.64 bits per heavy atom. The van der Waals surface area contributed by atoms with E-state index < -0.39 is 20.0 Å². The molecule has 16 nitrogen and oxygen atoms in total. The fourth-order valence-electron chi connectivity index (χ4n) is 6.94. The van der Waals surface area contributed by atoms with E-state index in [-0.39, 0.29) is 11.8 Å². The van der Waals surface area contributed by atoms with E-state index in [2.05, 4.69) is 62.7 Å². The molecule has 2 aliphatic rings. The van der Waals surface area contributed by atoms with Crippen molar-refractivity contribution in [1.82, 2.24) is 47.8 Å². The first kappa shape index (κ1) is 40.1. The molecule has 2 aliphatic heterocycles. The van der Waals surface area contributed by atoms with E-state index in [0.717, 1.165) is 74.4 Å². The van der Waals surface area contributed by atoms with E-state index in [4.69, 9.17) is 9.97 Å². The van der Waals surface area contributed by atoms with Crippen LogP contribution in [0.15, 0.2) is 82.5 Å². The van der Waals surface area contributed by atoms with Gasteiger partial charge in [-0.2, -0.15) is 19.2 Å². The molecule has 0 spiro atoms. The SMILES string of the molecule is CS(=O)(=O)N1CCC(c2cc(NCc3cccnc3)n3ncc(Br)c3n2)CC1.CS(=O)(=O)N1CCCC(c2cc(NCc3cccnc3)n3ncc(Br)c3n2)C1. The first-order valence-corrected chi connectivity index (χ1v) is 23.4. The number of nitrogens with zero attached hydrogens (tertiary/aromatic N) is 10. The van der Waals surface area contributed by atoms with Crippen LogP contribution in [0.25, 0.3) is 11.3 Å². The number of hydrogen-bond donors (Lipinski definition) is 2. The molecule has 296 valence electrons. The van der Waals surface area contributed by atoms with E-state index in [1.165, 1.54) is 12.5 Å². The van der Waals surface area contributed by atoms with Crippen LogP contribution >= 0.6 is 31.9 Å². The van der Waals surface area contributed by atoms with Crippen molar-refractivity contribution in [2.24, 2.45) is 0 Å². The maximum atomic E-state index is 12.0. The Hall–Kier alpha value is -4.08. The first-order valence-electron chi connectivity index (χ1n) is 18.1. The van der Waals surface area contributed by atoms with Gasteiger partial charge in [0.1, 0.15) is 11.6 Å². The number of nitrogens with one attached hydrogen (secondary N) is 2. The van der Waals surface area contributed by atoms with Crippen molar-refractivity contribution in [2.75, 3.05) is 49.3 Å². The zero-order chi connectivity index (χ0) is 39.5. The molecule has 2 fully saturated rings. The quantitative estimate of drug-likeness (QED) is 0.182. The predicted octanol–water partition coefficient (Wildman–Crippen LogP) is 5.28. The standard InChI is InChI=1S/2C18H21BrN6O2S/c1-28(26,27)24-7-3-5-14(12-24)16-8-17(21-10-13-4-2-6-20-9-13)25-18(23-16)15(19)11-22-25;1-28(26,27)24-7-4-14(5-8-24)16-9-17(21-11-13-3-2-6-20-10-13)25-18(23-16)15(19)12-22-25/h2,4,6,8-9,11,14,21H,3,5,7,10,12H2,1H3;2-3,6,9-10,12,14,21H,4-5,7-8,11H2,1H3. The molecule has 8 heterocycles.